The van der Waals surface area contributed by atoms with Gasteiger partial charge in [-0.1, -0.05) is 23.8 Å². The SMILES string of the molecule is O=C(CN1C=CC=CC1)Nc1cncnc1Cl. The third-order valence-corrected chi connectivity index (χ3v) is 2.47. The number of rotatable bonds is 3. The molecule has 0 aliphatic carbocycles. The van der Waals surface area contributed by atoms with Gasteiger partial charge in [0, 0.05) is 6.54 Å². The number of aromatic nitrogens is 2. The van der Waals surface area contributed by atoms with Crippen molar-refractivity contribution < 1.29 is 4.79 Å². The fourth-order valence-electron chi connectivity index (χ4n) is 1.40. The van der Waals surface area contributed by atoms with E-state index in [1.165, 1.54) is 12.5 Å². The Bertz CT molecular complexity index is 472. The molecule has 6 heteroatoms. The third-order valence-electron chi connectivity index (χ3n) is 2.17. The molecule has 0 bridgehead atoms. The number of allylic oxidation sites excluding steroid dienone is 2. The number of nitrogens with zero attached hydrogens (tertiary/aromatic N) is 3. The first-order valence-corrected chi connectivity index (χ1v) is 5.46. The minimum atomic E-state index is -0.151. The summed E-state index contributed by atoms with van der Waals surface area (Å²) in [6.45, 7) is 0.995. The van der Waals surface area contributed by atoms with Crippen molar-refractivity contribution in [3.8, 4) is 0 Å². The van der Waals surface area contributed by atoms with Crippen LogP contribution in [0.5, 0.6) is 0 Å². The lowest BCUT2D eigenvalue weighted by atomic mass is 10.3. The zero-order chi connectivity index (χ0) is 12.1. The Balaban J connectivity index is 1.91. The molecule has 2 heterocycles. The average Bonchev–Trinajstić information content (AvgIpc) is 2.33. The van der Waals surface area contributed by atoms with Crippen LogP contribution in [0.25, 0.3) is 0 Å². The molecule has 1 aliphatic heterocycles. The molecule has 0 unspecified atom stereocenters. The second-order valence-electron chi connectivity index (χ2n) is 3.47. The smallest absolute Gasteiger partial charge is 0.244 e. The second-order valence-corrected chi connectivity index (χ2v) is 3.83. The van der Waals surface area contributed by atoms with Gasteiger partial charge in [-0.3, -0.25) is 4.79 Å². The van der Waals surface area contributed by atoms with Crippen LogP contribution in [0, 0.1) is 0 Å². The van der Waals surface area contributed by atoms with E-state index in [1.54, 1.807) is 0 Å². The molecule has 1 N–H and O–H groups in total. The molecule has 1 amide bonds. The summed E-state index contributed by atoms with van der Waals surface area (Å²) >= 11 is 5.81. The summed E-state index contributed by atoms with van der Waals surface area (Å²) in [4.78, 5) is 21.2. The van der Waals surface area contributed by atoms with Crippen LogP contribution < -0.4 is 5.32 Å². The molecule has 2 rings (SSSR count). The van der Waals surface area contributed by atoms with E-state index in [9.17, 15) is 4.79 Å². The van der Waals surface area contributed by atoms with Gasteiger partial charge in [0.1, 0.15) is 6.33 Å². The van der Waals surface area contributed by atoms with Crippen molar-refractivity contribution in [2.45, 2.75) is 0 Å². The van der Waals surface area contributed by atoms with Crippen LogP contribution in [-0.4, -0.2) is 33.9 Å². The number of nitrogens with one attached hydrogen (secondary N) is 1. The Morgan fingerprint density at radius 2 is 2.41 bits per heavy atom. The summed E-state index contributed by atoms with van der Waals surface area (Å²) in [6, 6.07) is 0. The number of hydrogen-bond donors (Lipinski definition) is 1. The van der Waals surface area contributed by atoms with Gasteiger partial charge in [0.15, 0.2) is 5.15 Å². The first kappa shape index (κ1) is 11.6. The van der Waals surface area contributed by atoms with Crippen LogP contribution in [0.3, 0.4) is 0 Å². The van der Waals surface area contributed by atoms with Gasteiger partial charge in [0.05, 0.1) is 18.4 Å². The van der Waals surface area contributed by atoms with Crippen molar-refractivity contribution in [1.82, 2.24) is 14.9 Å². The molecule has 0 radical (unpaired) electrons. The Labute approximate surface area is 104 Å². The van der Waals surface area contributed by atoms with Crippen molar-refractivity contribution in [3.05, 3.63) is 42.1 Å². The van der Waals surface area contributed by atoms with Gasteiger partial charge in [0.2, 0.25) is 5.91 Å². The van der Waals surface area contributed by atoms with Crippen LogP contribution in [0.2, 0.25) is 5.15 Å². The maximum Gasteiger partial charge on any atom is 0.244 e. The summed E-state index contributed by atoms with van der Waals surface area (Å²) in [5.41, 5.74) is 0.427. The lowest BCUT2D eigenvalue weighted by Gasteiger charge is -2.19. The Hall–Kier alpha value is -1.88. The lowest BCUT2D eigenvalue weighted by molar-refractivity contribution is -0.116. The molecule has 0 saturated heterocycles. The van der Waals surface area contributed by atoms with Gasteiger partial charge in [0.25, 0.3) is 0 Å². The first-order chi connectivity index (χ1) is 8.25. The van der Waals surface area contributed by atoms with Crippen LogP contribution >= 0.6 is 11.6 Å². The average molecular weight is 251 g/mol. The van der Waals surface area contributed by atoms with E-state index in [0.717, 1.165) is 6.54 Å². The number of amides is 1. The standard InChI is InChI=1S/C11H11ClN4O/c12-11-9(6-13-8-14-11)15-10(17)7-16-4-2-1-3-5-16/h1-4,6,8H,5,7H2,(H,15,17). The summed E-state index contributed by atoms with van der Waals surface area (Å²) in [6.07, 6.45) is 10.5. The largest absolute Gasteiger partial charge is 0.364 e. The van der Waals surface area contributed by atoms with Gasteiger partial charge >= 0.3 is 0 Å². The second kappa shape index (κ2) is 5.45. The molecular weight excluding hydrogens is 240 g/mol. The highest BCUT2D eigenvalue weighted by molar-refractivity contribution is 6.32. The van der Waals surface area contributed by atoms with E-state index in [1.807, 2.05) is 29.3 Å². The predicted molar refractivity (Wildman–Crippen MR) is 65.5 cm³/mol. The Kier molecular flexibility index (Phi) is 3.72. The number of hydrogen-bond acceptors (Lipinski definition) is 4. The molecule has 1 aromatic heterocycles. The molecule has 88 valence electrons. The van der Waals surface area contributed by atoms with Crippen LogP contribution in [0.1, 0.15) is 0 Å². The monoisotopic (exact) mass is 250 g/mol. The van der Waals surface area contributed by atoms with E-state index >= 15 is 0 Å². The van der Waals surface area contributed by atoms with Crippen LogP contribution in [0.15, 0.2) is 37.0 Å². The lowest BCUT2D eigenvalue weighted by Crippen LogP contribution is -2.30. The molecular formula is C11H11ClN4O. The van der Waals surface area contributed by atoms with E-state index in [0.29, 0.717) is 5.69 Å². The first-order valence-electron chi connectivity index (χ1n) is 5.08. The van der Waals surface area contributed by atoms with E-state index in [-0.39, 0.29) is 17.6 Å². The zero-order valence-corrected chi connectivity index (χ0v) is 9.76. The molecule has 0 spiro atoms. The van der Waals surface area contributed by atoms with Gasteiger partial charge in [-0.25, -0.2) is 9.97 Å². The molecule has 0 saturated carbocycles. The topological polar surface area (TPSA) is 58.1 Å². The summed E-state index contributed by atoms with van der Waals surface area (Å²) in [5.74, 6) is -0.151. The molecule has 17 heavy (non-hydrogen) atoms. The molecule has 1 aromatic rings. The van der Waals surface area contributed by atoms with Crippen molar-refractivity contribution in [3.63, 3.8) is 0 Å². The van der Waals surface area contributed by atoms with Crippen LogP contribution in [0.4, 0.5) is 5.69 Å². The number of carbonyl (C=O) groups excluding carboxylic acids is 1. The van der Waals surface area contributed by atoms with Gasteiger partial charge in [-0.15, -0.1) is 0 Å². The van der Waals surface area contributed by atoms with Crippen molar-refractivity contribution in [2.24, 2.45) is 0 Å². The molecule has 1 aliphatic rings. The minimum Gasteiger partial charge on any atom is -0.364 e. The quantitative estimate of drug-likeness (QED) is 0.825. The highest BCUT2D eigenvalue weighted by Crippen LogP contribution is 2.15. The van der Waals surface area contributed by atoms with Crippen molar-refractivity contribution >= 4 is 23.2 Å². The van der Waals surface area contributed by atoms with Crippen molar-refractivity contribution in [1.29, 1.82) is 0 Å². The summed E-state index contributed by atoms with van der Waals surface area (Å²) in [5, 5.41) is 2.90. The molecule has 0 aromatic carbocycles. The third kappa shape index (κ3) is 3.29. The number of halogens is 1. The zero-order valence-electron chi connectivity index (χ0n) is 9.01. The molecule has 0 fully saturated rings. The molecule has 5 nitrogen and oxygen atoms in total. The Morgan fingerprint density at radius 3 is 3.12 bits per heavy atom. The maximum atomic E-state index is 11.7. The Morgan fingerprint density at radius 1 is 1.53 bits per heavy atom. The van der Waals surface area contributed by atoms with E-state index in [4.69, 9.17) is 11.6 Å². The van der Waals surface area contributed by atoms with Crippen molar-refractivity contribution in [2.75, 3.05) is 18.4 Å². The fraction of sp³-hybridized carbons (Fsp3) is 0.182. The minimum absolute atomic E-state index is 0.151. The highest BCUT2D eigenvalue weighted by Gasteiger charge is 2.09. The summed E-state index contributed by atoms with van der Waals surface area (Å²) in [7, 11) is 0. The number of anilines is 1. The van der Waals surface area contributed by atoms with Gasteiger partial charge in [-0.2, -0.15) is 0 Å². The summed E-state index contributed by atoms with van der Waals surface area (Å²) < 4.78 is 0. The van der Waals surface area contributed by atoms with Gasteiger partial charge < -0.3 is 10.2 Å². The van der Waals surface area contributed by atoms with Gasteiger partial charge in [-0.05, 0) is 12.3 Å². The van der Waals surface area contributed by atoms with Crippen LogP contribution in [-0.2, 0) is 4.79 Å². The van der Waals surface area contributed by atoms with E-state index < -0.39 is 0 Å². The van der Waals surface area contributed by atoms with E-state index in [2.05, 4.69) is 15.3 Å². The molecule has 0 atom stereocenters. The fourth-order valence-corrected chi connectivity index (χ4v) is 1.54. The number of carbonyl (C=O) groups is 1. The maximum absolute atomic E-state index is 11.7. The normalized spacial score (nSPS) is 13.8. The predicted octanol–water partition coefficient (Wildman–Crippen LogP) is 1.45. The highest BCUT2D eigenvalue weighted by atomic mass is 35.5.